The van der Waals surface area contributed by atoms with Gasteiger partial charge in [-0.25, -0.2) is 4.98 Å². The summed E-state index contributed by atoms with van der Waals surface area (Å²) in [5.41, 5.74) is 4.05. The molecule has 0 fully saturated rings. The van der Waals surface area contributed by atoms with Gasteiger partial charge in [0, 0.05) is 18.2 Å². The van der Waals surface area contributed by atoms with Gasteiger partial charge in [0.05, 0.1) is 17.6 Å². The van der Waals surface area contributed by atoms with Crippen LogP contribution in [0.1, 0.15) is 27.5 Å². The Morgan fingerprint density at radius 3 is 2.62 bits per heavy atom. The van der Waals surface area contributed by atoms with E-state index in [2.05, 4.69) is 20.4 Å². The number of benzene rings is 2. The molecule has 8 nitrogen and oxygen atoms in total. The number of carbonyl (C=O) groups excluding carboxylic acids is 1. The van der Waals surface area contributed by atoms with Crippen LogP contribution in [0.15, 0.2) is 51.8 Å². The zero-order chi connectivity index (χ0) is 20.5. The summed E-state index contributed by atoms with van der Waals surface area (Å²) in [6.45, 7) is 3.77. The molecule has 0 saturated heterocycles. The summed E-state index contributed by atoms with van der Waals surface area (Å²) < 4.78 is 6.81. The monoisotopic (exact) mass is 389 g/mol. The van der Waals surface area contributed by atoms with E-state index in [0.29, 0.717) is 34.1 Å². The maximum atomic E-state index is 12.2. The summed E-state index contributed by atoms with van der Waals surface area (Å²) >= 11 is 0. The van der Waals surface area contributed by atoms with Gasteiger partial charge in [0.15, 0.2) is 0 Å². The molecule has 0 spiro atoms. The lowest BCUT2D eigenvalue weighted by Gasteiger charge is -2.06. The molecule has 0 unspecified atom stereocenters. The van der Waals surface area contributed by atoms with Crippen molar-refractivity contribution in [2.24, 2.45) is 7.05 Å². The van der Waals surface area contributed by atoms with Crippen molar-refractivity contribution in [3.63, 3.8) is 0 Å². The molecule has 0 saturated carbocycles. The van der Waals surface area contributed by atoms with Crippen LogP contribution in [0.25, 0.3) is 22.4 Å². The van der Waals surface area contributed by atoms with Crippen LogP contribution in [0.2, 0.25) is 0 Å². The molecular formula is C21H19N5O3. The minimum Gasteiger partial charge on any atom is -0.343 e. The lowest BCUT2D eigenvalue weighted by atomic mass is 10.1. The third kappa shape index (κ3) is 3.64. The van der Waals surface area contributed by atoms with Crippen LogP contribution < -0.4 is 10.9 Å². The van der Waals surface area contributed by atoms with Crippen LogP contribution in [0.3, 0.4) is 0 Å². The van der Waals surface area contributed by atoms with Gasteiger partial charge in [0.2, 0.25) is 11.7 Å². The summed E-state index contributed by atoms with van der Waals surface area (Å²) in [4.78, 5) is 32.9. The molecule has 0 aliphatic heterocycles. The van der Waals surface area contributed by atoms with Gasteiger partial charge in [-0.3, -0.25) is 9.59 Å². The highest BCUT2D eigenvalue weighted by Gasteiger charge is 2.13. The minimum absolute atomic E-state index is 0.124. The number of amides is 1. The molecular weight excluding hydrogens is 370 g/mol. The summed E-state index contributed by atoms with van der Waals surface area (Å²) in [6.07, 6.45) is 0. The second kappa shape index (κ2) is 7.31. The number of aryl methyl sites for hydroxylation is 3. The first-order chi connectivity index (χ1) is 13.9. The second-order valence-corrected chi connectivity index (χ2v) is 6.83. The molecule has 4 rings (SSSR count). The summed E-state index contributed by atoms with van der Waals surface area (Å²) in [6, 6.07) is 12.7. The quantitative estimate of drug-likeness (QED) is 0.575. The number of carbonyl (C=O) groups is 1. The third-order valence-electron chi connectivity index (χ3n) is 4.68. The van der Waals surface area contributed by atoms with Crippen LogP contribution in [-0.4, -0.2) is 25.6 Å². The van der Waals surface area contributed by atoms with E-state index in [1.807, 2.05) is 19.1 Å². The number of nitrogens with one attached hydrogen (secondary N) is 1. The van der Waals surface area contributed by atoms with Crippen molar-refractivity contribution in [2.45, 2.75) is 20.4 Å². The van der Waals surface area contributed by atoms with Gasteiger partial charge in [-0.1, -0.05) is 22.9 Å². The van der Waals surface area contributed by atoms with Crippen molar-refractivity contribution in [2.75, 3.05) is 0 Å². The van der Waals surface area contributed by atoms with Crippen molar-refractivity contribution < 1.29 is 9.32 Å². The standard InChI is InChI=1S/C21H19N5O3/c1-12-4-6-14(7-5-12)20(27)22-11-18-24-19(25-29-18)15-8-9-17-16(10-15)23-13(2)21(28)26(17)3/h4-10H,11H2,1-3H3,(H,22,27). The normalized spacial score (nSPS) is 11.0. The second-order valence-electron chi connectivity index (χ2n) is 6.83. The molecule has 1 N–H and O–H groups in total. The predicted octanol–water partition coefficient (Wildman–Crippen LogP) is 2.53. The Labute approximate surface area is 166 Å². The number of hydrogen-bond acceptors (Lipinski definition) is 6. The Kier molecular flexibility index (Phi) is 4.67. The molecule has 0 aliphatic carbocycles. The maximum Gasteiger partial charge on any atom is 0.272 e. The van der Waals surface area contributed by atoms with E-state index in [4.69, 9.17) is 4.52 Å². The van der Waals surface area contributed by atoms with Crippen LogP contribution in [0.4, 0.5) is 0 Å². The van der Waals surface area contributed by atoms with Gasteiger partial charge < -0.3 is 14.4 Å². The molecule has 2 aromatic heterocycles. The van der Waals surface area contributed by atoms with Crippen LogP contribution in [-0.2, 0) is 13.6 Å². The smallest absolute Gasteiger partial charge is 0.272 e. The molecule has 0 bridgehead atoms. The van der Waals surface area contributed by atoms with Gasteiger partial charge in [0.25, 0.3) is 11.5 Å². The van der Waals surface area contributed by atoms with Gasteiger partial charge >= 0.3 is 0 Å². The highest BCUT2D eigenvalue weighted by atomic mass is 16.5. The molecule has 2 aromatic carbocycles. The first kappa shape index (κ1) is 18.5. The first-order valence-corrected chi connectivity index (χ1v) is 9.07. The summed E-state index contributed by atoms with van der Waals surface area (Å²) in [5, 5.41) is 6.75. The molecule has 0 aliphatic rings. The van der Waals surface area contributed by atoms with Gasteiger partial charge in [-0.05, 0) is 44.2 Å². The van der Waals surface area contributed by atoms with E-state index in [0.717, 1.165) is 11.1 Å². The first-order valence-electron chi connectivity index (χ1n) is 9.07. The zero-order valence-corrected chi connectivity index (χ0v) is 16.3. The van der Waals surface area contributed by atoms with E-state index in [1.165, 1.54) is 0 Å². The Morgan fingerprint density at radius 1 is 1.10 bits per heavy atom. The SMILES string of the molecule is Cc1ccc(C(=O)NCc2nc(-c3ccc4c(c3)nc(C)c(=O)n4C)no2)cc1. The Balaban J connectivity index is 1.53. The lowest BCUT2D eigenvalue weighted by Crippen LogP contribution is -2.22. The lowest BCUT2D eigenvalue weighted by molar-refractivity contribution is 0.0946. The molecule has 1 amide bonds. The van der Waals surface area contributed by atoms with Crippen LogP contribution >= 0.6 is 0 Å². The van der Waals surface area contributed by atoms with Crippen LogP contribution in [0.5, 0.6) is 0 Å². The Hall–Kier alpha value is -3.81. The number of aromatic nitrogens is 4. The molecule has 0 radical (unpaired) electrons. The number of rotatable bonds is 4. The van der Waals surface area contributed by atoms with E-state index in [-0.39, 0.29) is 18.0 Å². The topological polar surface area (TPSA) is 103 Å². The third-order valence-corrected chi connectivity index (χ3v) is 4.68. The number of nitrogens with zero attached hydrogens (tertiary/aromatic N) is 4. The molecule has 29 heavy (non-hydrogen) atoms. The van der Waals surface area contributed by atoms with Gasteiger partial charge in [0.1, 0.15) is 5.69 Å². The van der Waals surface area contributed by atoms with Crippen molar-refractivity contribution in [3.05, 3.63) is 75.5 Å². The molecule has 0 atom stereocenters. The minimum atomic E-state index is -0.212. The molecule has 8 heteroatoms. The average molecular weight is 389 g/mol. The zero-order valence-electron chi connectivity index (χ0n) is 16.3. The molecule has 2 heterocycles. The highest BCUT2D eigenvalue weighted by molar-refractivity contribution is 5.94. The number of hydrogen-bond donors (Lipinski definition) is 1. The summed E-state index contributed by atoms with van der Waals surface area (Å²) in [5.74, 6) is 0.473. The number of fused-ring (bicyclic) bond motifs is 1. The fourth-order valence-corrected chi connectivity index (χ4v) is 3.02. The Bertz CT molecular complexity index is 1270. The average Bonchev–Trinajstić information content (AvgIpc) is 3.19. The van der Waals surface area contributed by atoms with E-state index in [1.54, 1.807) is 48.9 Å². The largest absolute Gasteiger partial charge is 0.343 e. The Morgan fingerprint density at radius 2 is 1.86 bits per heavy atom. The predicted molar refractivity (Wildman–Crippen MR) is 107 cm³/mol. The van der Waals surface area contributed by atoms with Crippen LogP contribution in [0, 0.1) is 13.8 Å². The fourth-order valence-electron chi connectivity index (χ4n) is 3.02. The van der Waals surface area contributed by atoms with E-state index >= 15 is 0 Å². The van der Waals surface area contributed by atoms with Crippen molar-refractivity contribution in [1.29, 1.82) is 0 Å². The van der Waals surface area contributed by atoms with E-state index < -0.39 is 0 Å². The van der Waals surface area contributed by atoms with Crippen molar-refractivity contribution in [1.82, 2.24) is 25.0 Å². The maximum absolute atomic E-state index is 12.2. The molecule has 4 aromatic rings. The highest BCUT2D eigenvalue weighted by Crippen LogP contribution is 2.20. The van der Waals surface area contributed by atoms with Crippen molar-refractivity contribution >= 4 is 16.9 Å². The fraction of sp³-hybridized carbons (Fsp3) is 0.190. The summed E-state index contributed by atoms with van der Waals surface area (Å²) in [7, 11) is 1.71. The van der Waals surface area contributed by atoms with Gasteiger partial charge in [-0.15, -0.1) is 0 Å². The van der Waals surface area contributed by atoms with Gasteiger partial charge in [-0.2, -0.15) is 4.98 Å². The molecule has 146 valence electrons. The van der Waals surface area contributed by atoms with E-state index in [9.17, 15) is 9.59 Å². The van der Waals surface area contributed by atoms with Crippen molar-refractivity contribution in [3.8, 4) is 11.4 Å².